The normalized spacial score (nSPS) is 11.6. The number of hydrogen-bond donors (Lipinski definition) is 1. The van der Waals surface area contributed by atoms with E-state index in [1.54, 1.807) is 30.6 Å². The molecule has 0 fully saturated rings. The van der Waals surface area contributed by atoms with Crippen molar-refractivity contribution in [2.24, 2.45) is 0 Å². The van der Waals surface area contributed by atoms with E-state index >= 15 is 0 Å². The highest BCUT2D eigenvalue weighted by molar-refractivity contribution is 7.99. The first kappa shape index (κ1) is 24.0. The first-order chi connectivity index (χ1) is 15.3. The van der Waals surface area contributed by atoms with Crippen LogP contribution in [0.2, 0.25) is 0 Å². The second kappa shape index (κ2) is 10.8. The first-order valence-electron chi connectivity index (χ1n) is 10.3. The van der Waals surface area contributed by atoms with E-state index < -0.39 is 10.0 Å². The van der Waals surface area contributed by atoms with Gasteiger partial charge in [0.2, 0.25) is 15.9 Å². The van der Waals surface area contributed by atoms with Gasteiger partial charge in [-0.05, 0) is 36.8 Å². The minimum atomic E-state index is -3.48. The Morgan fingerprint density at radius 1 is 1.06 bits per heavy atom. The number of benzene rings is 2. The Bertz CT molecular complexity index is 1140. The maximum Gasteiger partial charge on any atom is 0.243 e. The van der Waals surface area contributed by atoms with Crippen molar-refractivity contribution in [3.05, 3.63) is 66.0 Å². The van der Waals surface area contributed by atoms with Crippen LogP contribution < -0.4 is 5.32 Å². The molecule has 0 spiro atoms. The molecule has 0 aliphatic heterocycles. The number of carbonyl (C=O) groups is 1. The summed E-state index contributed by atoms with van der Waals surface area (Å²) >= 11 is 1.30. The number of nitrogens with one attached hydrogen (secondary N) is 1. The van der Waals surface area contributed by atoms with Gasteiger partial charge in [0.05, 0.1) is 10.6 Å². The highest BCUT2D eigenvalue weighted by atomic mass is 32.2. The van der Waals surface area contributed by atoms with Crippen molar-refractivity contribution < 1.29 is 13.2 Å². The van der Waals surface area contributed by atoms with Crippen LogP contribution in [0, 0.1) is 6.92 Å². The van der Waals surface area contributed by atoms with Gasteiger partial charge in [-0.15, -0.1) is 10.2 Å². The number of amides is 1. The van der Waals surface area contributed by atoms with Gasteiger partial charge < -0.3 is 5.32 Å². The number of thioether (sulfide) groups is 1. The molecule has 0 radical (unpaired) electrons. The summed E-state index contributed by atoms with van der Waals surface area (Å²) in [7, 11) is -3.48. The molecule has 8 nitrogen and oxygen atoms in total. The van der Waals surface area contributed by atoms with Gasteiger partial charge in [0.15, 0.2) is 5.16 Å². The summed E-state index contributed by atoms with van der Waals surface area (Å²) in [6.45, 7) is 6.81. The molecule has 1 aromatic heterocycles. The fourth-order valence-electron chi connectivity index (χ4n) is 3.08. The van der Waals surface area contributed by atoms with Crippen LogP contribution in [-0.4, -0.2) is 52.2 Å². The van der Waals surface area contributed by atoms with E-state index in [0.717, 1.165) is 16.8 Å². The maximum absolute atomic E-state index is 12.6. The summed E-state index contributed by atoms with van der Waals surface area (Å²) in [5.41, 5.74) is 2.92. The van der Waals surface area contributed by atoms with Crippen molar-refractivity contribution in [3.8, 4) is 5.69 Å². The molecule has 1 amide bonds. The van der Waals surface area contributed by atoms with Crippen molar-refractivity contribution in [3.63, 3.8) is 0 Å². The molecule has 32 heavy (non-hydrogen) atoms. The van der Waals surface area contributed by atoms with Gasteiger partial charge in [-0.2, -0.15) is 4.31 Å². The number of aromatic nitrogens is 3. The minimum absolute atomic E-state index is 0.145. The third-order valence-electron chi connectivity index (χ3n) is 4.92. The number of rotatable bonds is 10. The minimum Gasteiger partial charge on any atom is -0.351 e. The smallest absolute Gasteiger partial charge is 0.243 e. The fraction of sp³-hybridized carbons (Fsp3) is 0.318. The number of sulfonamides is 1. The van der Waals surface area contributed by atoms with E-state index in [2.05, 4.69) is 15.5 Å². The zero-order valence-electron chi connectivity index (χ0n) is 18.4. The molecule has 0 bridgehead atoms. The van der Waals surface area contributed by atoms with Gasteiger partial charge in [-0.25, -0.2) is 8.42 Å². The summed E-state index contributed by atoms with van der Waals surface area (Å²) in [6, 6.07) is 14.6. The lowest BCUT2D eigenvalue weighted by Gasteiger charge is -2.18. The zero-order valence-corrected chi connectivity index (χ0v) is 20.0. The lowest BCUT2D eigenvalue weighted by molar-refractivity contribution is -0.118. The van der Waals surface area contributed by atoms with E-state index in [-0.39, 0.29) is 16.6 Å². The molecule has 1 N–H and O–H groups in total. The van der Waals surface area contributed by atoms with E-state index in [4.69, 9.17) is 0 Å². The molecular weight excluding hydrogens is 446 g/mol. The van der Waals surface area contributed by atoms with Crippen LogP contribution in [0.25, 0.3) is 5.69 Å². The SMILES string of the molecule is CCN(CC)S(=O)(=O)c1ccc(CNC(=O)CSc2nncn2-c2ccc(C)cc2)cc1. The number of hydrogen-bond acceptors (Lipinski definition) is 6. The molecule has 170 valence electrons. The molecule has 10 heteroatoms. The first-order valence-corrected chi connectivity index (χ1v) is 12.7. The summed E-state index contributed by atoms with van der Waals surface area (Å²) in [4.78, 5) is 12.6. The van der Waals surface area contributed by atoms with Crippen LogP contribution in [0.5, 0.6) is 0 Å². The van der Waals surface area contributed by atoms with Crippen molar-refractivity contribution in [2.45, 2.75) is 37.4 Å². The Labute approximate surface area is 193 Å². The monoisotopic (exact) mass is 473 g/mol. The Kier molecular flexibility index (Phi) is 8.05. The van der Waals surface area contributed by atoms with Gasteiger partial charge >= 0.3 is 0 Å². The standard InChI is InChI=1S/C22H27N5O3S2/c1-4-26(5-2)32(29,30)20-12-8-18(9-13-20)14-23-21(28)15-31-22-25-24-16-27(22)19-10-6-17(3)7-11-19/h6-13,16H,4-5,14-15H2,1-3H3,(H,23,28). The molecule has 0 aliphatic carbocycles. The predicted molar refractivity (Wildman–Crippen MR) is 125 cm³/mol. The molecule has 1 heterocycles. The Balaban J connectivity index is 1.54. The average molecular weight is 474 g/mol. The summed E-state index contributed by atoms with van der Waals surface area (Å²) in [6.07, 6.45) is 1.62. The predicted octanol–water partition coefficient (Wildman–Crippen LogP) is 3.01. The number of nitrogens with zero attached hydrogens (tertiary/aromatic N) is 4. The van der Waals surface area contributed by atoms with Crippen molar-refractivity contribution in [2.75, 3.05) is 18.8 Å². The molecule has 0 unspecified atom stereocenters. The lowest BCUT2D eigenvalue weighted by Crippen LogP contribution is -2.30. The number of carbonyl (C=O) groups excluding carboxylic acids is 1. The molecule has 3 rings (SSSR count). The molecule has 0 saturated heterocycles. The Morgan fingerprint density at radius 3 is 2.34 bits per heavy atom. The molecule has 2 aromatic carbocycles. The van der Waals surface area contributed by atoms with E-state index in [0.29, 0.717) is 24.8 Å². The van der Waals surface area contributed by atoms with Crippen molar-refractivity contribution in [1.82, 2.24) is 24.4 Å². The average Bonchev–Trinajstić information content (AvgIpc) is 3.26. The van der Waals surface area contributed by atoms with Crippen LogP contribution in [0.3, 0.4) is 0 Å². The Hall–Kier alpha value is -2.69. The molecule has 0 aliphatic rings. The second-order valence-electron chi connectivity index (χ2n) is 7.12. The van der Waals surface area contributed by atoms with E-state index in [1.807, 2.05) is 49.6 Å². The van der Waals surface area contributed by atoms with Crippen LogP contribution in [0.1, 0.15) is 25.0 Å². The topological polar surface area (TPSA) is 97.2 Å². The van der Waals surface area contributed by atoms with Gasteiger partial charge in [-0.1, -0.05) is 55.4 Å². The Morgan fingerprint density at radius 2 is 1.72 bits per heavy atom. The van der Waals surface area contributed by atoms with Gasteiger partial charge in [0.1, 0.15) is 6.33 Å². The van der Waals surface area contributed by atoms with Crippen LogP contribution in [0.15, 0.2) is 64.9 Å². The van der Waals surface area contributed by atoms with Gasteiger partial charge in [0, 0.05) is 25.3 Å². The van der Waals surface area contributed by atoms with Crippen LogP contribution in [0.4, 0.5) is 0 Å². The third kappa shape index (κ3) is 5.76. The fourth-order valence-corrected chi connectivity index (χ4v) is 5.30. The van der Waals surface area contributed by atoms with E-state index in [1.165, 1.54) is 16.1 Å². The largest absolute Gasteiger partial charge is 0.351 e. The summed E-state index contributed by atoms with van der Waals surface area (Å²) in [5.74, 6) is 0.0483. The van der Waals surface area contributed by atoms with Gasteiger partial charge in [-0.3, -0.25) is 9.36 Å². The maximum atomic E-state index is 12.6. The summed E-state index contributed by atoms with van der Waals surface area (Å²) in [5, 5.41) is 11.5. The summed E-state index contributed by atoms with van der Waals surface area (Å²) < 4.78 is 28.4. The van der Waals surface area contributed by atoms with Crippen molar-refractivity contribution >= 4 is 27.7 Å². The molecule has 3 aromatic rings. The zero-order chi connectivity index (χ0) is 23.1. The molecule has 0 atom stereocenters. The highest BCUT2D eigenvalue weighted by Gasteiger charge is 2.21. The third-order valence-corrected chi connectivity index (χ3v) is 7.92. The van der Waals surface area contributed by atoms with Crippen LogP contribution >= 0.6 is 11.8 Å². The molecular formula is C22H27N5O3S2. The quantitative estimate of drug-likeness (QED) is 0.455. The lowest BCUT2D eigenvalue weighted by atomic mass is 10.2. The second-order valence-corrected chi connectivity index (χ2v) is 10.00. The van der Waals surface area contributed by atoms with Gasteiger partial charge in [0.25, 0.3) is 0 Å². The highest BCUT2D eigenvalue weighted by Crippen LogP contribution is 2.20. The number of aryl methyl sites for hydroxylation is 1. The van der Waals surface area contributed by atoms with Crippen molar-refractivity contribution in [1.29, 1.82) is 0 Å². The molecule has 0 saturated carbocycles. The van der Waals surface area contributed by atoms with E-state index in [9.17, 15) is 13.2 Å². The van der Waals surface area contributed by atoms with Crippen LogP contribution in [-0.2, 0) is 21.4 Å².